The Bertz CT molecular complexity index is 911. The van der Waals surface area contributed by atoms with Gasteiger partial charge in [-0.25, -0.2) is 4.79 Å². The van der Waals surface area contributed by atoms with Gasteiger partial charge in [0.1, 0.15) is 11.2 Å². The molecule has 2 heterocycles. The largest absolute Gasteiger partial charge is 0.444 e. The number of nitrogens with zero attached hydrogens (tertiary/aromatic N) is 1. The monoisotopic (exact) mass is 365 g/mol. The minimum Gasteiger partial charge on any atom is -0.444 e. The van der Waals surface area contributed by atoms with Crippen LogP contribution in [0.1, 0.15) is 44.0 Å². The molecule has 1 aromatic rings. The van der Waals surface area contributed by atoms with Gasteiger partial charge >= 0.3 is 6.09 Å². The third-order valence-corrected chi connectivity index (χ3v) is 6.32. The molecule has 0 radical (unpaired) electrons. The Labute approximate surface area is 158 Å². The van der Waals surface area contributed by atoms with Crippen molar-refractivity contribution in [1.82, 2.24) is 4.90 Å². The molecule has 5 heteroatoms. The molecule has 1 aromatic carbocycles. The van der Waals surface area contributed by atoms with Gasteiger partial charge in [0, 0.05) is 17.8 Å². The molecule has 6 rings (SSSR count). The van der Waals surface area contributed by atoms with Crippen molar-refractivity contribution in [1.29, 1.82) is 0 Å². The van der Waals surface area contributed by atoms with Gasteiger partial charge in [0.15, 0.2) is 5.78 Å². The standard InChI is InChI=1S/C22H23NO4/c1-21(2,3)27-20(25)23-18-12-6-4-5-7-13(12)19(23)17-16(18)14-8-10-22(17,26)11-9-15(14)24/h4-11,14,16-19,26H,1-3H3/t14-,16-,17+,18+,19-,22-/m0/s1. The molecule has 0 spiro atoms. The van der Waals surface area contributed by atoms with Crippen molar-refractivity contribution in [3.63, 3.8) is 0 Å². The number of ether oxygens (including phenoxy) is 1. The average Bonchev–Trinajstić information content (AvgIpc) is 3.04. The lowest BCUT2D eigenvalue weighted by molar-refractivity contribution is -0.119. The average molecular weight is 365 g/mol. The fourth-order valence-corrected chi connectivity index (χ4v) is 5.49. The summed E-state index contributed by atoms with van der Waals surface area (Å²) in [6, 6.07) is 7.39. The number of benzene rings is 1. The van der Waals surface area contributed by atoms with Crippen LogP contribution in [0.5, 0.6) is 0 Å². The second-order valence-electron chi connectivity index (χ2n) is 9.02. The van der Waals surface area contributed by atoms with Gasteiger partial charge < -0.3 is 9.84 Å². The van der Waals surface area contributed by atoms with Gasteiger partial charge in [-0.3, -0.25) is 9.69 Å². The molecule has 1 saturated heterocycles. The number of ketones is 1. The van der Waals surface area contributed by atoms with Gasteiger partial charge in [-0.1, -0.05) is 36.4 Å². The van der Waals surface area contributed by atoms with Crippen LogP contribution in [-0.2, 0) is 9.53 Å². The van der Waals surface area contributed by atoms with Crippen LogP contribution in [0.4, 0.5) is 4.79 Å². The van der Waals surface area contributed by atoms with E-state index in [0.717, 1.165) is 11.1 Å². The summed E-state index contributed by atoms with van der Waals surface area (Å²) in [6.07, 6.45) is 6.27. The van der Waals surface area contributed by atoms with E-state index in [9.17, 15) is 14.7 Å². The minimum absolute atomic E-state index is 0.0103. The summed E-state index contributed by atoms with van der Waals surface area (Å²) in [6.45, 7) is 5.54. The molecule has 0 unspecified atom stereocenters. The molecule has 0 saturated carbocycles. The Kier molecular flexibility index (Phi) is 3.17. The second kappa shape index (κ2) is 5.10. The van der Waals surface area contributed by atoms with E-state index in [0.29, 0.717) is 0 Å². The molecule has 5 aliphatic rings. The lowest BCUT2D eigenvalue weighted by atomic mass is 9.61. The molecule has 2 aliphatic heterocycles. The van der Waals surface area contributed by atoms with E-state index in [1.165, 1.54) is 6.08 Å². The highest BCUT2D eigenvalue weighted by atomic mass is 16.6. The number of carbonyl (C=O) groups is 2. The first-order valence-corrected chi connectivity index (χ1v) is 9.46. The van der Waals surface area contributed by atoms with Crippen molar-refractivity contribution >= 4 is 11.9 Å². The summed E-state index contributed by atoms with van der Waals surface area (Å²) in [5.74, 6) is -0.760. The summed E-state index contributed by atoms with van der Waals surface area (Å²) >= 11 is 0. The smallest absolute Gasteiger partial charge is 0.411 e. The maximum Gasteiger partial charge on any atom is 0.411 e. The van der Waals surface area contributed by atoms with Gasteiger partial charge in [0.2, 0.25) is 0 Å². The Morgan fingerprint density at radius 3 is 2.48 bits per heavy atom. The van der Waals surface area contributed by atoms with Crippen LogP contribution in [0.3, 0.4) is 0 Å². The molecule has 1 fully saturated rings. The summed E-state index contributed by atoms with van der Waals surface area (Å²) in [5.41, 5.74) is 0.259. The highest BCUT2D eigenvalue weighted by Crippen LogP contribution is 2.66. The van der Waals surface area contributed by atoms with Crippen LogP contribution in [-0.4, -0.2) is 33.1 Å². The molecule has 3 aliphatic carbocycles. The van der Waals surface area contributed by atoms with E-state index in [-0.39, 0.29) is 41.7 Å². The second-order valence-corrected chi connectivity index (χ2v) is 9.02. The quantitative estimate of drug-likeness (QED) is 0.716. The molecule has 6 atom stereocenters. The summed E-state index contributed by atoms with van der Waals surface area (Å²) in [7, 11) is 0. The number of allylic oxidation sites excluding steroid dienone is 2. The number of rotatable bonds is 0. The number of hydrogen-bond acceptors (Lipinski definition) is 4. The third-order valence-electron chi connectivity index (χ3n) is 6.32. The van der Waals surface area contributed by atoms with E-state index < -0.39 is 11.2 Å². The fourth-order valence-electron chi connectivity index (χ4n) is 5.49. The number of fused-ring (bicyclic) bond motifs is 6. The molecule has 5 nitrogen and oxygen atoms in total. The molecular weight excluding hydrogens is 342 g/mol. The summed E-state index contributed by atoms with van der Waals surface area (Å²) in [4.78, 5) is 27.6. The van der Waals surface area contributed by atoms with Gasteiger partial charge in [-0.15, -0.1) is 0 Å². The van der Waals surface area contributed by atoms with Crippen molar-refractivity contribution in [3.05, 3.63) is 59.7 Å². The number of carbonyl (C=O) groups excluding carboxylic acids is 2. The lowest BCUT2D eigenvalue weighted by Crippen LogP contribution is -2.46. The third kappa shape index (κ3) is 2.15. The Balaban J connectivity index is 1.68. The van der Waals surface area contributed by atoms with Crippen molar-refractivity contribution in [2.45, 2.75) is 44.1 Å². The predicted octanol–water partition coefficient (Wildman–Crippen LogP) is 3.32. The molecule has 1 amide bonds. The lowest BCUT2D eigenvalue weighted by Gasteiger charge is -2.42. The number of amides is 1. The van der Waals surface area contributed by atoms with E-state index >= 15 is 0 Å². The first kappa shape index (κ1) is 16.8. The summed E-state index contributed by atoms with van der Waals surface area (Å²) in [5, 5.41) is 11.4. The van der Waals surface area contributed by atoms with Gasteiger partial charge in [0.25, 0.3) is 0 Å². The van der Waals surface area contributed by atoms with Crippen molar-refractivity contribution in [2.75, 3.05) is 0 Å². The number of aliphatic hydroxyl groups is 1. The topological polar surface area (TPSA) is 66.8 Å². The molecule has 1 N–H and O–H groups in total. The molecule has 4 bridgehead atoms. The SMILES string of the molecule is CC(C)(C)OC(=O)N1[C@@H]2c3ccccc3[C@H]1[C@H]1[C@@H]2[C@H]2C=C[C@]1(O)C=CC2=O. The Morgan fingerprint density at radius 2 is 1.81 bits per heavy atom. The van der Waals surface area contributed by atoms with Gasteiger partial charge in [-0.2, -0.15) is 0 Å². The van der Waals surface area contributed by atoms with Crippen LogP contribution in [0.15, 0.2) is 48.6 Å². The summed E-state index contributed by atoms with van der Waals surface area (Å²) < 4.78 is 5.70. The highest BCUT2D eigenvalue weighted by molar-refractivity contribution is 5.95. The van der Waals surface area contributed by atoms with E-state index in [1.54, 1.807) is 17.1 Å². The normalized spacial score (nSPS) is 38.0. The van der Waals surface area contributed by atoms with E-state index in [2.05, 4.69) is 0 Å². The minimum atomic E-state index is -1.24. The zero-order valence-corrected chi connectivity index (χ0v) is 15.6. The first-order valence-electron chi connectivity index (χ1n) is 9.46. The molecule has 27 heavy (non-hydrogen) atoms. The van der Waals surface area contributed by atoms with Gasteiger partial charge in [-0.05, 0) is 44.1 Å². The van der Waals surface area contributed by atoms with Crippen LogP contribution in [0, 0.1) is 17.8 Å². The van der Waals surface area contributed by atoms with Crippen molar-refractivity contribution in [3.8, 4) is 0 Å². The highest BCUT2D eigenvalue weighted by Gasteiger charge is 2.67. The molecular formula is C22H23NO4. The maximum atomic E-state index is 13.1. The van der Waals surface area contributed by atoms with Crippen molar-refractivity contribution < 1.29 is 19.4 Å². The zero-order valence-electron chi connectivity index (χ0n) is 15.6. The van der Waals surface area contributed by atoms with Crippen molar-refractivity contribution in [2.24, 2.45) is 17.8 Å². The predicted molar refractivity (Wildman–Crippen MR) is 98.7 cm³/mol. The fraction of sp³-hybridized carbons (Fsp3) is 0.455. The van der Waals surface area contributed by atoms with Crippen LogP contribution < -0.4 is 0 Å². The molecule has 140 valence electrons. The molecule has 0 aromatic heterocycles. The Hall–Kier alpha value is -2.40. The van der Waals surface area contributed by atoms with E-state index in [1.807, 2.05) is 51.1 Å². The van der Waals surface area contributed by atoms with Gasteiger partial charge in [0.05, 0.1) is 12.1 Å². The van der Waals surface area contributed by atoms with Crippen LogP contribution in [0.25, 0.3) is 0 Å². The van der Waals surface area contributed by atoms with E-state index in [4.69, 9.17) is 4.74 Å². The maximum absolute atomic E-state index is 13.1. The Morgan fingerprint density at radius 1 is 1.15 bits per heavy atom. The zero-order chi connectivity index (χ0) is 19.1. The number of hydrogen-bond donors (Lipinski definition) is 1. The van der Waals surface area contributed by atoms with Crippen LogP contribution in [0.2, 0.25) is 0 Å². The first-order chi connectivity index (χ1) is 12.7. The van der Waals surface area contributed by atoms with Crippen LogP contribution >= 0.6 is 0 Å².